The minimum atomic E-state index is -0.303. The number of hydrogen-bond acceptors (Lipinski definition) is 5. The number of allylic oxidation sites excluding steroid dienone is 1. The number of phenolic OH excluding ortho intramolecular Hbond substituents is 1. The molecule has 0 saturated carbocycles. The van der Waals surface area contributed by atoms with Crippen molar-refractivity contribution in [2.45, 2.75) is 12.8 Å². The van der Waals surface area contributed by atoms with Gasteiger partial charge in [0.15, 0.2) is 11.5 Å². The van der Waals surface area contributed by atoms with Gasteiger partial charge in [-0.3, -0.25) is 14.5 Å². The number of carbonyl (C=O) groups excluding carboxylic acids is 2. The molecular weight excluding hydrogens is 374 g/mol. The Labute approximate surface area is 168 Å². The third kappa shape index (κ3) is 4.28. The average molecular weight is 395 g/mol. The van der Waals surface area contributed by atoms with Gasteiger partial charge < -0.3 is 9.84 Å². The van der Waals surface area contributed by atoms with Crippen molar-refractivity contribution in [3.8, 4) is 11.5 Å². The Balaban J connectivity index is 1.81. The third-order valence-electron chi connectivity index (χ3n) is 4.40. The predicted octanol–water partition coefficient (Wildman–Crippen LogP) is 4.41. The number of thioether (sulfide) groups is 1. The standard InChI is InChI=1S/C22H21NO4S/c1-3-7-17-12-16(13-18(27-2)20(17)24)14-19-21(25)23(22(26)28-19)11-10-15-8-5-4-6-9-15/h3-6,8-9,12-14,24H,1,7,10-11H2,2H3/b19-14-. The van der Waals surface area contributed by atoms with Gasteiger partial charge in [0.05, 0.1) is 12.0 Å². The van der Waals surface area contributed by atoms with E-state index in [1.165, 1.54) is 12.0 Å². The summed E-state index contributed by atoms with van der Waals surface area (Å²) in [6.07, 6.45) is 4.41. The van der Waals surface area contributed by atoms with Crippen LogP contribution in [0, 0.1) is 0 Å². The first-order valence-electron chi connectivity index (χ1n) is 8.83. The molecule has 0 unspecified atom stereocenters. The zero-order chi connectivity index (χ0) is 20.1. The van der Waals surface area contributed by atoms with Crippen LogP contribution in [-0.2, 0) is 17.6 Å². The molecule has 0 aliphatic carbocycles. The number of methoxy groups -OCH3 is 1. The van der Waals surface area contributed by atoms with Crippen LogP contribution in [0.5, 0.6) is 11.5 Å². The molecule has 144 valence electrons. The van der Waals surface area contributed by atoms with Gasteiger partial charge in [-0.1, -0.05) is 36.4 Å². The molecule has 2 aromatic carbocycles. The maximum atomic E-state index is 12.7. The van der Waals surface area contributed by atoms with Crippen LogP contribution in [0.3, 0.4) is 0 Å². The summed E-state index contributed by atoms with van der Waals surface area (Å²) >= 11 is 0.924. The van der Waals surface area contributed by atoms with Crippen molar-refractivity contribution in [3.63, 3.8) is 0 Å². The van der Waals surface area contributed by atoms with E-state index in [1.54, 1.807) is 24.3 Å². The van der Waals surface area contributed by atoms with E-state index in [2.05, 4.69) is 6.58 Å². The number of nitrogens with zero attached hydrogens (tertiary/aromatic N) is 1. The predicted molar refractivity (Wildman–Crippen MR) is 111 cm³/mol. The van der Waals surface area contributed by atoms with Crippen molar-refractivity contribution in [1.29, 1.82) is 0 Å². The molecule has 1 N–H and O–H groups in total. The second-order valence-corrected chi connectivity index (χ2v) is 7.29. The van der Waals surface area contributed by atoms with E-state index in [-0.39, 0.29) is 16.9 Å². The molecule has 1 aliphatic rings. The molecule has 1 fully saturated rings. The van der Waals surface area contributed by atoms with Gasteiger partial charge in [-0.05, 0) is 53.9 Å². The van der Waals surface area contributed by atoms with E-state index in [9.17, 15) is 14.7 Å². The lowest BCUT2D eigenvalue weighted by atomic mass is 10.1. The lowest BCUT2D eigenvalue weighted by Crippen LogP contribution is -2.30. The largest absolute Gasteiger partial charge is 0.504 e. The SMILES string of the molecule is C=CCc1cc(/C=C2\SC(=O)N(CCc3ccccc3)C2=O)cc(OC)c1O. The zero-order valence-corrected chi connectivity index (χ0v) is 16.4. The van der Waals surface area contributed by atoms with Gasteiger partial charge in [-0.15, -0.1) is 6.58 Å². The molecule has 0 radical (unpaired) electrons. The molecule has 6 heteroatoms. The van der Waals surface area contributed by atoms with Crippen LogP contribution < -0.4 is 4.74 Å². The lowest BCUT2D eigenvalue weighted by Gasteiger charge is -2.12. The minimum absolute atomic E-state index is 0.0514. The number of carbonyl (C=O) groups is 2. The summed E-state index contributed by atoms with van der Waals surface area (Å²) < 4.78 is 5.21. The van der Waals surface area contributed by atoms with Gasteiger partial charge in [0.25, 0.3) is 11.1 Å². The summed E-state index contributed by atoms with van der Waals surface area (Å²) in [6, 6.07) is 13.1. The Bertz CT molecular complexity index is 937. The molecular formula is C22H21NO4S. The maximum absolute atomic E-state index is 12.7. The fourth-order valence-electron chi connectivity index (χ4n) is 2.97. The highest BCUT2D eigenvalue weighted by Gasteiger charge is 2.34. The average Bonchev–Trinajstić information content (AvgIpc) is 2.96. The number of benzene rings is 2. The summed E-state index contributed by atoms with van der Waals surface area (Å²) in [5.74, 6) is 0.0627. The molecule has 5 nitrogen and oxygen atoms in total. The molecule has 28 heavy (non-hydrogen) atoms. The number of aromatic hydroxyl groups is 1. The Morgan fingerprint density at radius 3 is 2.64 bits per heavy atom. The first-order chi connectivity index (χ1) is 13.5. The summed E-state index contributed by atoms with van der Waals surface area (Å²) in [7, 11) is 1.47. The van der Waals surface area contributed by atoms with E-state index >= 15 is 0 Å². The van der Waals surface area contributed by atoms with Gasteiger partial charge in [0.1, 0.15) is 0 Å². The highest BCUT2D eigenvalue weighted by Crippen LogP contribution is 2.36. The van der Waals surface area contributed by atoms with Crippen LogP contribution in [0.15, 0.2) is 60.0 Å². The van der Waals surface area contributed by atoms with Gasteiger partial charge in [-0.25, -0.2) is 0 Å². The number of phenols is 1. The first-order valence-corrected chi connectivity index (χ1v) is 9.65. The Morgan fingerprint density at radius 2 is 1.96 bits per heavy atom. The van der Waals surface area contributed by atoms with E-state index in [0.717, 1.165) is 17.3 Å². The van der Waals surface area contributed by atoms with Crippen LogP contribution in [0.25, 0.3) is 6.08 Å². The number of rotatable bonds is 7. The second-order valence-electron chi connectivity index (χ2n) is 6.29. The molecule has 0 bridgehead atoms. The topological polar surface area (TPSA) is 66.8 Å². The molecule has 0 aromatic heterocycles. The smallest absolute Gasteiger partial charge is 0.293 e. The van der Waals surface area contributed by atoms with Crippen LogP contribution in [-0.4, -0.2) is 34.8 Å². The molecule has 1 aliphatic heterocycles. The third-order valence-corrected chi connectivity index (χ3v) is 5.31. The lowest BCUT2D eigenvalue weighted by molar-refractivity contribution is -0.122. The van der Waals surface area contributed by atoms with Crippen molar-refractivity contribution in [2.75, 3.05) is 13.7 Å². The first kappa shape index (κ1) is 19.8. The monoisotopic (exact) mass is 395 g/mol. The van der Waals surface area contributed by atoms with Crippen LogP contribution >= 0.6 is 11.8 Å². The quantitative estimate of drug-likeness (QED) is 0.556. The summed E-state index contributed by atoms with van der Waals surface area (Å²) in [5.41, 5.74) is 2.40. The zero-order valence-electron chi connectivity index (χ0n) is 15.6. The summed E-state index contributed by atoms with van der Waals surface area (Å²) in [4.78, 5) is 26.6. The highest BCUT2D eigenvalue weighted by atomic mass is 32.2. The Kier molecular flexibility index (Phi) is 6.21. The highest BCUT2D eigenvalue weighted by molar-refractivity contribution is 8.18. The summed E-state index contributed by atoms with van der Waals surface area (Å²) in [6.45, 7) is 4.03. The summed E-state index contributed by atoms with van der Waals surface area (Å²) in [5, 5.41) is 9.92. The fourth-order valence-corrected chi connectivity index (χ4v) is 3.83. The van der Waals surface area contributed by atoms with E-state index in [1.807, 2.05) is 30.3 Å². The van der Waals surface area contributed by atoms with Gasteiger partial charge >= 0.3 is 0 Å². The Morgan fingerprint density at radius 1 is 1.21 bits per heavy atom. The van der Waals surface area contributed by atoms with E-state index in [4.69, 9.17) is 4.74 Å². The molecule has 2 amide bonds. The molecule has 2 aromatic rings. The van der Waals surface area contributed by atoms with Crippen molar-refractivity contribution in [3.05, 3.63) is 76.7 Å². The maximum Gasteiger partial charge on any atom is 0.293 e. The molecule has 0 atom stereocenters. The second kappa shape index (κ2) is 8.80. The van der Waals surface area contributed by atoms with Crippen LogP contribution in [0.2, 0.25) is 0 Å². The number of amides is 2. The number of imide groups is 1. The fraction of sp³-hybridized carbons (Fsp3) is 0.182. The number of ether oxygens (including phenoxy) is 1. The molecule has 0 spiro atoms. The van der Waals surface area contributed by atoms with Crippen LogP contribution in [0.4, 0.5) is 4.79 Å². The van der Waals surface area contributed by atoms with Gasteiger partial charge in [-0.2, -0.15) is 0 Å². The molecule has 1 saturated heterocycles. The van der Waals surface area contributed by atoms with Crippen molar-refractivity contribution in [2.24, 2.45) is 0 Å². The minimum Gasteiger partial charge on any atom is -0.504 e. The van der Waals surface area contributed by atoms with Gasteiger partial charge in [0, 0.05) is 12.1 Å². The van der Waals surface area contributed by atoms with Gasteiger partial charge in [0.2, 0.25) is 0 Å². The Hall–Kier alpha value is -2.99. The number of hydrogen-bond donors (Lipinski definition) is 1. The molecule has 3 rings (SSSR count). The van der Waals surface area contributed by atoms with Crippen LogP contribution in [0.1, 0.15) is 16.7 Å². The van der Waals surface area contributed by atoms with Crippen molar-refractivity contribution >= 4 is 29.0 Å². The van der Waals surface area contributed by atoms with Crippen molar-refractivity contribution < 1.29 is 19.4 Å². The molecule has 1 heterocycles. The van der Waals surface area contributed by atoms with E-state index in [0.29, 0.717) is 41.2 Å². The van der Waals surface area contributed by atoms with Crippen molar-refractivity contribution in [1.82, 2.24) is 4.90 Å². The normalized spacial score (nSPS) is 15.3. The van der Waals surface area contributed by atoms with E-state index < -0.39 is 0 Å².